The molecule has 0 saturated carbocycles. The van der Waals surface area contributed by atoms with E-state index in [1.54, 1.807) is 25.4 Å². The average Bonchev–Trinajstić information content (AvgIpc) is 3.45. The third kappa shape index (κ3) is 4.74. The highest BCUT2D eigenvalue weighted by atomic mass is 32.2. The van der Waals surface area contributed by atoms with Gasteiger partial charge < -0.3 is 9.84 Å². The summed E-state index contributed by atoms with van der Waals surface area (Å²) in [5.41, 5.74) is 0.928. The second-order valence-electron chi connectivity index (χ2n) is 7.65. The molecule has 9 nitrogen and oxygen atoms in total. The second kappa shape index (κ2) is 9.47. The van der Waals surface area contributed by atoms with E-state index in [4.69, 9.17) is 4.52 Å². The van der Waals surface area contributed by atoms with Crippen molar-refractivity contribution in [3.63, 3.8) is 0 Å². The summed E-state index contributed by atoms with van der Waals surface area (Å²) in [5.74, 6) is 0.660. The Balaban J connectivity index is 1.39. The topological polar surface area (TPSA) is 118 Å². The van der Waals surface area contributed by atoms with E-state index in [0.29, 0.717) is 60.4 Å². The van der Waals surface area contributed by atoms with Crippen molar-refractivity contribution >= 4 is 27.3 Å². The van der Waals surface area contributed by atoms with Crippen molar-refractivity contribution < 1.29 is 17.7 Å². The monoisotopic (exact) mass is 475 g/mol. The average molecular weight is 476 g/mol. The smallest absolute Gasteiger partial charge is 0.244 e. The Morgan fingerprint density at radius 1 is 1.34 bits per heavy atom. The highest BCUT2D eigenvalue weighted by Crippen LogP contribution is 2.34. The molecule has 1 amide bonds. The van der Waals surface area contributed by atoms with Gasteiger partial charge >= 0.3 is 0 Å². The highest BCUT2D eigenvalue weighted by Gasteiger charge is 2.34. The Hall–Kier alpha value is -2.63. The molecule has 4 heterocycles. The SMILES string of the molecule is CCc1nc(-c2cc(S(=O)(=O)N3CCC(C(=O)NCc4cccnc4)CC3)c(C)s2)no1. The standard InChI is InChI=1S/C21H25N5O4S2/c1-3-19-24-20(25-30-19)17-11-18(14(2)31-17)32(28,29)26-9-6-16(7-10-26)21(27)23-13-15-5-4-8-22-12-15/h4-5,8,11-12,16H,3,6-7,9-10,13H2,1-2H3,(H,23,27). The normalized spacial score (nSPS) is 15.7. The van der Waals surface area contributed by atoms with Gasteiger partial charge in [0, 0.05) is 49.2 Å². The molecular weight excluding hydrogens is 450 g/mol. The summed E-state index contributed by atoms with van der Waals surface area (Å²) >= 11 is 1.33. The van der Waals surface area contributed by atoms with Crippen LogP contribution in [0.15, 0.2) is 40.0 Å². The summed E-state index contributed by atoms with van der Waals surface area (Å²) in [7, 11) is -3.67. The molecule has 170 valence electrons. The number of hydrogen-bond donors (Lipinski definition) is 1. The van der Waals surface area contributed by atoms with Crippen LogP contribution in [0.1, 0.15) is 36.1 Å². The van der Waals surface area contributed by atoms with Crippen molar-refractivity contribution in [3.05, 3.63) is 46.9 Å². The highest BCUT2D eigenvalue weighted by molar-refractivity contribution is 7.89. The van der Waals surface area contributed by atoms with E-state index in [1.165, 1.54) is 15.6 Å². The third-order valence-corrected chi connectivity index (χ3v) is 8.70. The maximum atomic E-state index is 13.3. The van der Waals surface area contributed by atoms with Crippen molar-refractivity contribution in [2.45, 2.75) is 44.6 Å². The Labute approximate surface area is 190 Å². The Kier molecular flexibility index (Phi) is 6.68. The van der Waals surface area contributed by atoms with Crippen molar-refractivity contribution in [1.82, 2.24) is 24.7 Å². The fourth-order valence-electron chi connectivity index (χ4n) is 3.66. The molecular formula is C21H25N5O4S2. The van der Waals surface area contributed by atoms with Gasteiger partial charge in [0.2, 0.25) is 27.6 Å². The number of aromatic nitrogens is 3. The van der Waals surface area contributed by atoms with Gasteiger partial charge in [-0.05, 0) is 37.5 Å². The number of pyridine rings is 1. The number of rotatable bonds is 7. The van der Waals surface area contributed by atoms with Gasteiger partial charge in [0.1, 0.15) is 0 Å². The maximum absolute atomic E-state index is 13.3. The number of piperidine rings is 1. The van der Waals surface area contributed by atoms with E-state index >= 15 is 0 Å². The number of carbonyl (C=O) groups is 1. The minimum absolute atomic E-state index is 0.0521. The van der Waals surface area contributed by atoms with E-state index in [1.807, 2.05) is 19.1 Å². The van der Waals surface area contributed by atoms with E-state index in [2.05, 4.69) is 20.4 Å². The number of nitrogens with one attached hydrogen (secondary N) is 1. The van der Waals surface area contributed by atoms with Crippen molar-refractivity contribution in [2.75, 3.05) is 13.1 Å². The van der Waals surface area contributed by atoms with Crippen LogP contribution in [0.25, 0.3) is 10.7 Å². The summed E-state index contributed by atoms with van der Waals surface area (Å²) in [5, 5.41) is 6.87. The van der Waals surface area contributed by atoms with Gasteiger partial charge in [-0.15, -0.1) is 11.3 Å². The molecule has 3 aromatic rings. The quantitative estimate of drug-likeness (QED) is 0.558. The number of nitrogens with zero attached hydrogens (tertiary/aromatic N) is 4. The first kappa shape index (κ1) is 22.6. The van der Waals surface area contributed by atoms with Gasteiger partial charge in [-0.2, -0.15) is 9.29 Å². The molecule has 0 radical (unpaired) electrons. The van der Waals surface area contributed by atoms with Crippen LogP contribution in [0.5, 0.6) is 0 Å². The molecule has 0 unspecified atom stereocenters. The van der Waals surface area contributed by atoms with Crippen LogP contribution in [-0.4, -0.2) is 46.8 Å². The lowest BCUT2D eigenvalue weighted by molar-refractivity contribution is -0.126. The van der Waals surface area contributed by atoms with E-state index in [9.17, 15) is 13.2 Å². The van der Waals surface area contributed by atoms with E-state index in [-0.39, 0.29) is 16.7 Å². The molecule has 1 saturated heterocycles. The number of sulfonamides is 1. The fraction of sp³-hybridized carbons (Fsp3) is 0.429. The first-order chi connectivity index (χ1) is 15.4. The predicted octanol–water partition coefficient (Wildman–Crippen LogP) is 2.78. The van der Waals surface area contributed by atoms with Gasteiger partial charge in [0.05, 0.1) is 9.77 Å². The minimum atomic E-state index is -3.67. The van der Waals surface area contributed by atoms with Crippen LogP contribution in [0, 0.1) is 12.8 Å². The Morgan fingerprint density at radius 2 is 2.12 bits per heavy atom. The second-order valence-corrected chi connectivity index (χ2v) is 10.8. The number of hydrogen-bond acceptors (Lipinski definition) is 8. The molecule has 32 heavy (non-hydrogen) atoms. The molecule has 1 aliphatic heterocycles. The Bertz CT molecular complexity index is 1180. The predicted molar refractivity (Wildman–Crippen MR) is 119 cm³/mol. The number of aryl methyl sites for hydroxylation is 2. The summed E-state index contributed by atoms with van der Waals surface area (Å²) in [6, 6.07) is 5.34. The van der Waals surface area contributed by atoms with Crippen LogP contribution in [0.3, 0.4) is 0 Å². The molecule has 4 rings (SSSR count). The molecule has 0 bridgehead atoms. The van der Waals surface area contributed by atoms with Gasteiger partial charge in [-0.3, -0.25) is 9.78 Å². The lowest BCUT2D eigenvalue weighted by Gasteiger charge is -2.30. The molecule has 1 N–H and O–H groups in total. The van der Waals surface area contributed by atoms with Gasteiger partial charge in [0.15, 0.2) is 0 Å². The summed E-state index contributed by atoms with van der Waals surface area (Å²) < 4.78 is 33.1. The molecule has 1 aliphatic rings. The zero-order chi connectivity index (χ0) is 22.7. The van der Waals surface area contributed by atoms with E-state index < -0.39 is 10.0 Å². The van der Waals surface area contributed by atoms with E-state index in [0.717, 1.165) is 5.56 Å². The molecule has 0 spiro atoms. The van der Waals surface area contributed by atoms with Gasteiger partial charge in [0.25, 0.3) is 0 Å². The fourth-order valence-corrected chi connectivity index (χ4v) is 6.62. The van der Waals surface area contributed by atoms with Crippen LogP contribution in [0.2, 0.25) is 0 Å². The maximum Gasteiger partial charge on any atom is 0.244 e. The number of thiophene rings is 1. The van der Waals surface area contributed by atoms with Gasteiger partial charge in [-0.25, -0.2) is 8.42 Å². The lowest BCUT2D eigenvalue weighted by atomic mass is 9.97. The van der Waals surface area contributed by atoms with Crippen molar-refractivity contribution in [3.8, 4) is 10.7 Å². The first-order valence-electron chi connectivity index (χ1n) is 10.5. The summed E-state index contributed by atoms with van der Waals surface area (Å²) in [6.45, 7) is 4.72. The molecule has 11 heteroatoms. The minimum Gasteiger partial charge on any atom is -0.352 e. The Morgan fingerprint density at radius 3 is 2.78 bits per heavy atom. The molecule has 0 aliphatic carbocycles. The summed E-state index contributed by atoms with van der Waals surface area (Å²) in [4.78, 5) is 22.5. The zero-order valence-corrected chi connectivity index (χ0v) is 19.6. The molecule has 0 aromatic carbocycles. The number of amides is 1. The van der Waals surface area contributed by atoms with Crippen LogP contribution >= 0.6 is 11.3 Å². The zero-order valence-electron chi connectivity index (χ0n) is 17.9. The van der Waals surface area contributed by atoms with Gasteiger partial charge in [-0.1, -0.05) is 18.1 Å². The van der Waals surface area contributed by atoms with Crippen molar-refractivity contribution in [2.24, 2.45) is 5.92 Å². The van der Waals surface area contributed by atoms with Crippen LogP contribution < -0.4 is 5.32 Å². The van der Waals surface area contributed by atoms with Crippen LogP contribution in [-0.2, 0) is 27.8 Å². The lowest BCUT2D eigenvalue weighted by Crippen LogP contribution is -2.42. The third-order valence-electron chi connectivity index (χ3n) is 5.50. The first-order valence-corrected chi connectivity index (χ1v) is 12.7. The van der Waals surface area contributed by atoms with Crippen molar-refractivity contribution in [1.29, 1.82) is 0 Å². The van der Waals surface area contributed by atoms with Crippen LogP contribution in [0.4, 0.5) is 0 Å². The molecule has 1 fully saturated rings. The largest absolute Gasteiger partial charge is 0.352 e. The molecule has 3 aromatic heterocycles. The summed E-state index contributed by atoms with van der Waals surface area (Å²) in [6.07, 6.45) is 4.99. The molecule has 0 atom stereocenters. The number of carbonyl (C=O) groups excluding carboxylic acids is 1.